The molecular formula is C16H21NO2. The lowest BCUT2D eigenvalue weighted by Crippen LogP contribution is -2.33. The van der Waals surface area contributed by atoms with Crippen LogP contribution >= 0.6 is 0 Å². The molecule has 1 aromatic rings. The van der Waals surface area contributed by atoms with Crippen molar-refractivity contribution in [3.8, 4) is 0 Å². The minimum Gasteiger partial charge on any atom is -0.454 e. The molecule has 2 aliphatic heterocycles. The van der Waals surface area contributed by atoms with Gasteiger partial charge in [0.05, 0.1) is 5.56 Å². The Kier molecular flexibility index (Phi) is 3.56. The van der Waals surface area contributed by atoms with Crippen LogP contribution in [0.1, 0.15) is 54.6 Å². The first-order valence-electron chi connectivity index (χ1n) is 7.33. The van der Waals surface area contributed by atoms with Crippen LogP contribution in [0.5, 0.6) is 0 Å². The molecular weight excluding hydrogens is 238 g/mol. The largest absolute Gasteiger partial charge is 0.454 e. The lowest BCUT2D eigenvalue weighted by Gasteiger charge is -2.28. The van der Waals surface area contributed by atoms with E-state index in [2.05, 4.69) is 11.8 Å². The molecule has 0 radical (unpaired) electrons. The van der Waals surface area contributed by atoms with Gasteiger partial charge in [-0.3, -0.25) is 0 Å². The maximum atomic E-state index is 11.8. The van der Waals surface area contributed by atoms with Crippen LogP contribution in [0.3, 0.4) is 0 Å². The van der Waals surface area contributed by atoms with Crippen molar-refractivity contribution in [1.29, 1.82) is 0 Å². The van der Waals surface area contributed by atoms with E-state index in [1.165, 1.54) is 25.9 Å². The van der Waals surface area contributed by atoms with Crippen LogP contribution in [0, 0.1) is 0 Å². The van der Waals surface area contributed by atoms with E-state index < -0.39 is 0 Å². The number of benzene rings is 1. The number of carbonyl (C=O) groups excluding carboxylic acids is 1. The molecule has 0 N–H and O–H groups in total. The van der Waals surface area contributed by atoms with Gasteiger partial charge < -0.3 is 9.64 Å². The van der Waals surface area contributed by atoms with Gasteiger partial charge in [-0.05, 0) is 38.4 Å². The summed E-state index contributed by atoms with van der Waals surface area (Å²) in [6, 6.07) is 8.33. The molecule has 1 fully saturated rings. The van der Waals surface area contributed by atoms with Gasteiger partial charge in [-0.1, -0.05) is 25.1 Å². The van der Waals surface area contributed by atoms with Gasteiger partial charge >= 0.3 is 5.97 Å². The van der Waals surface area contributed by atoms with E-state index >= 15 is 0 Å². The Morgan fingerprint density at radius 3 is 2.79 bits per heavy atom. The van der Waals surface area contributed by atoms with Crippen molar-refractivity contribution in [1.82, 2.24) is 4.90 Å². The predicted octanol–water partition coefficient (Wildman–Crippen LogP) is 3.16. The van der Waals surface area contributed by atoms with Crippen LogP contribution in [-0.4, -0.2) is 30.0 Å². The first-order valence-corrected chi connectivity index (χ1v) is 7.33. The summed E-state index contributed by atoms with van der Waals surface area (Å²) in [5.74, 6) is -0.156. The van der Waals surface area contributed by atoms with E-state index in [-0.39, 0.29) is 12.1 Å². The molecule has 0 aromatic heterocycles. The fraction of sp³-hybridized carbons (Fsp3) is 0.562. The summed E-state index contributed by atoms with van der Waals surface area (Å²) >= 11 is 0. The van der Waals surface area contributed by atoms with Gasteiger partial charge in [-0.25, -0.2) is 4.79 Å². The van der Waals surface area contributed by atoms with Gasteiger partial charge in [-0.15, -0.1) is 0 Å². The molecule has 3 nitrogen and oxygen atoms in total. The SMILES string of the molecule is CCC(CC1OC(=O)c2ccccc21)N1CCCC1. The van der Waals surface area contributed by atoms with Crippen molar-refractivity contribution >= 4 is 5.97 Å². The second-order valence-corrected chi connectivity index (χ2v) is 5.52. The van der Waals surface area contributed by atoms with E-state index in [0.29, 0.717) is 6.04 Å². The highest BCUT2D eigenvalue weighted by Gasteiger charge is 2.33. The van der Waals surface area contributed by atoms with Crippen molar-refractivity contribution in [2.24, 2.45) is 0 Å². The summed E-state index contributed by atoms with van der Waals surface area (Å²) < 4.78 is 5.56. The number of carbonyl (C=O) groups is 1. The van der Waals surface area contributed by atoms with E-state index in [0.717, 1.165) is 24.0 Å². The Hall–Kier alpha value is -1.35. The second-order valence-electron chi connectivity index (χ2n) is 5.52. The molecule has 3 heteroatoms. The highest BCUT2D eigenvalue weighted by atomic mass is 16.5. The van der Waals surface area contributed by atoms with Gasteiger partial charge in [0.15, 0.2) is 0 Å². The zero-order valence-corrected chi connectivity index (χ0v) is 11.5. The van der Waals surface area contributed by atoms with Gasteiger partial charge in [0, 0.05) is 18.0 Å². The number of hydrogen-bond donors (Lipinski definition) is 0. The van der Waals surface area contributed by atoms with Gasteiger partial charge in [0.25, 0.3) is 0 Å². The van der Waals surface area contributed by atoms with Crippen molar-refractivity contribution < 1.29 is 9.53 Å². The second kappa shape index (κ2) is 5.33. The smallest absolute Gasteiger partial charge is 0.339 e. The van der Waals surface area contributed by atoms with Crippen LogP contribution in [0.15, 0.2) is 24.3 Å². The number of rotatable bonds is 4. The average Bonchev–Trinajstić information content (AvgIpc) is 3.06. The number of fused-ring (bicyclic) bond motifs is 1. The van der Waals surface area contributed by atoms with Crippen molar-refractivity contribution in [2.45, 2.75) is 44.8 Å². The van der Waals surface area contributed by atoms with Crippen LogP contribution in [0.25, 0.3) is 0 Å². The fourth-order valence-electron chi connectivity index (χ4n) is 3.32. The van der Waals surface area contributed by atoms with Crippen molar-refractivity contribution in [3.63, 3.8) is 0 Å². The van der Waals surface area contributed by atoms with Gasteiger partial charge in [-0.2, -0.15) is 0 Å². The number of cyclic esters (lactones) is 1. The van der Waals surface area contributed by atoms with Crippen molar-refractivity contribution in [3.05, 3.63) is 35.4 Å². The topological polar surface area (TPSA) is 29.5 Å². The number of hydrogen-bond acceptors (Lipinski definition) is 3. The van der Waals surface area contributed by atoms with E-state index in [4.69, 9.17) is 4.74 Å². The van der Waals surface area contributed by atoms with E-state index in [9.17, 15) is 4.79 Å². The van der Waals surface area contributed by atoms with Crippen molar-refractivity contribution in [2.75, 3.05) is 13.1 Å². The minimum atomic E-state index is -0.156. The standard InChI is InChI=1S/C16H21NO2/c1-2-12(17-9-5-6-10-17)11-15-13-7-3-4-8-14(13)16(18)19-15/h3-4,7-8,12,15H,2,5-6,9-11H2,1H3. The fourth-order valence-corrected chi connectivity index (χ4v) is 3.32. The Labute approximate surface area is 114 Å². The maximum Gasteiger partial charge on any atom is 0.339 e. The molecule has 1 aromatic carbocycles. The summed E-state index contributed by atoms with van der Waals surface area (Å²) in [5, 5.41) is 0. The highest BCUT2D eigenvalue weighted by Crippen LogP contribution is 2.35. The van der Waals surface area contributed by atoms with Crippen LogP contribution in [0.2, 0.25) is 0 Å². The molecule has 0 saturated carbocycles. The number of nitrogens with zero attached hydrogens (tertiary/aromatic N) is 1. The summed E-state index contributed by atoms with van der Waals surface area (Å²) in [4.78, 5) is 14.4. The average molecular weight is 259 g/mol. The highest BCUT2D eigenvalue weighted by molar-refractivity contribution is 5.93. The molecule has 102 valence electrons. The quantitative estimate of drug-likeness (QED) is 0.778. The zero-order valence-electron chi connectivity index (χ0n) is 11.5. The first-order chi connectivity index (χ1) is 9.29. The van der Waals surface area contributed by atoms with Gasteiger partial charge in [0.2, 0.25) is 0 Å². The maximum absolute atomic E-state index is 11.8. The monoisotopic (exact) mass is 259 g/mol. The molecule has 0 amide bonds. The molecule has 2 atom stereocenters. The number of likely N-dealkylation sites (tertiary alicyclic amines) is 1. The molecule has 3 rings (SSSR count). The Morgan fingerprint density at radius 1 is 1.32 bits per heavy atom. The molecule has 19 heavy (non-hydrogen) atoms. The molecule has 0 bridgehead atoms. The Bertz CT molecular complexity index is 466. The van der Waals surface area contributed by atoms with Crippen LogP contribution < -0.4 is 0 Å². The number of esters is 1. The lowest BCUT2D eigenvalue weighted by atomic mass is 9.98. The Balaban J connectivity index is 1.75. The zero-order chi connectivity index (χ0) is 13.2. The molecule has 0 aliphatic carbocycles. The Morgan fingerprint density at radius 2 is 2.05 bits per heavy atom. The summed E-state index contributed by atoms with van der Waals surface area (Å²) in [6.45, 7) is 4.62. The minimum absolute atomic E-state index is 0.0470. The molecule has 0 spiro atoms. The van der Waals surface area contributed by atoms with E-state index in [1.54, 1.807) is 0 Å². The summed E-state index contributed by atoms with van der Waals surface area (Å²) in [6.07, 6.45) is 4.61. The molecule has 2 unspecified atom stereocenters. The first kappa shape index (κ1) is 12.7. The third-order valence-corrected chi connectivity index (χ3v) is 4.39. The van der Waals surface area contributed by atoms with Crippen LogP contribution in [-0.2, 0) is 4.74 Å². The van der Waals surface area contributed by atoms with Gasteiger partial charge in [0.1, 0.15) is 6.10 Å². The summed E-state index contributed by atoms with van der Waals surface area (Å²) in [5.41, 5.74) is 1.83. The lowest BCUT2D eigenvalue weighted by molar-refractivity contribution is 0.0297. The normalized spacial score (nSPS) is 24.3. The third-order valence-electron chi connectivity index (χ3n) is 4.39. The predicted molar refractivity (Wildman–Crippen MR) is 74.1 cm³/mol. The van der Waals surface area contributed by atoms with E-state index in [1.807, 2.05) is 24.3 Å². The third kappa shape index (κ3) is 2.39. The summed E-state index contributed by atoms with van der Waals surface area (Å²) in [7, 11) is 0. The molecule has 2 aliphatic rings. The van der Waals surface area contributed by atoms with Crippen LogP contribution in [0.4, 0.5) is 0 Å². The number of ether oxygens (including phenoxy) is 1. The molecule has 2 heterocycles. The molecule has 1 saturated heterocycles.